The Morgan fingerprint density at radius 2 is 1.76 bits per heavy atom. The molecule has 0 aliphatic heterocycles. The molecule has 3 rings (SSSR count). The molecule has 146 valence electrons. The summed E-state index contributed by atoms with van der Waals surface area (Å²) >= 11 is 0. The van der Waals surface area contributed by atoms with Crippen molar-refractivity contribution in [3.05, 3.63) is 89.7 Å². The molecule has 1 aromatic heterocycles. The fourth-order valence-electron chi connectivity index (χ4n) is 2.60. The molecule has 7 nitrogen and oxygen atoms in total. The molecule has 2 aromatic carbocycles. The zero-order chi connectivity index (χ0) is 20.6. The van der Waals surface area contributed by atoms with Crippen LogP contribution in [0.5, 0.6) is 5.75 Å². The third-order valence-electron chi connectivity index (χ3n) is 3.89. The molecule has 0 radical (unpaired) electrons. The van der Waals surface area contributed by atoms with Crippen LogP contribution in [0, 0.1) is 0 Å². The first-order valence-corrected chi connectivity index (χ1v) is 8.89. The number of nitrogens with zero attached hydrogens (tertiary/aromatic N) is 1. The van der Waals surface area contributed by atoms with Gasteiger partial charge in [0.1, 0.15) is 11.4 Å². The lowest BCUT2D eigenvalue weighted by Crippen LogP contribution is -2.23. The van der Waals surface area contributed by atoms with Crippen LogP contribution in [-0.2, 0) is 11.3 Å². The van der Waals surface area contributed by atoms with Crippen molar-refractivity contribution in [2.45, 2.75) is 13.5 Å². The molecule has 2 N–H and O–H groups in total. The van der Waals surface area contributed by atoms with E-state index >= 15 is 0 Å². The van der Waals surface area contributed by atoms with Gasteiger partial charge in [-0.3, -0.25) is 19.4 Å². The summed E-state index contributed by atoms with van der Waals surface area (Å²) in [6, 6.07) is 18.6. The largest absolute Gasteiger partial charge is 0.427 e. The minimum absolute atomic E-state index is 0.268. The van der Waals surface area contributed by atoms with Gasteiger partial charge in [-0.1, -0.05) is 24.3 Å². The predicted octanol–water partition coefficient (Wildman–Crippen LogP) is 3.19. The zero-order valence-corrected chi connectivity index (χ0v) is 15.7. The van der Waals surface area contributed by atoms with E-state index in [0.717, 1.165) is 5.56 Å². The molecule has 0 spiro atoms. The maximum atomic E-state index is 12.4. The molecule has 7 heteroatoms. The minimum atomic E-state index is -0.452. The van der Waals surface area contributed by atoms with Crippen molar-refractivity contribution in [1.82, 2.24) is 10.3 Å². The fourth-order valence-corrected chi connectivity index (χ4v) is 2.60. The van der Waals surface area contributed by atoms with Gasteiger partial charge < -0.3 is 15.4 Å². The van der Waals surface area contributed by atoms with E-state index in [2.05, 4.69) is 15.6 Å². The summed E-state index contributed by atoms with van der Waals surface area (Å²) in [6.07, 6.45) is 1.55. The number of amides is 2. The average Bonchev–Trinajstić information content (AvgIpc) is 2.72. The van der Waals surface area contributed by atoms with Gasteiger partial charge in [-0.15, -0.1) is 0 Å². The standard InChI is InChI=1S/C22H19N3O4/c1-15(26)29-19-9-5-7-17(13-19)21(27)24-14-16-6-4-8-18(12-16)25-22(28)20-10-2-3-11-23-20/h2-13H,14H2,1H3,(H,24,27)(H,25,28). The van der Waals surface area contributed by atoms with Crippen molar-refractivity contribution < 1.29 is 19.1 Å². The Morgan fingerprint density at radius 1 is 0.931 bits per heavy atom. The Balaban J connectivity index is 1.61. The number of aromatic nitrogens is 1. The highest BCUT2D eigenvalue weighted by Crippen LogP contribution is 2.15. The Kier molecular flexibility index (Phi) is 6.32. The van der Waals surface area contributed by atoms with Crippen molar-refractivity contribution in [2.75, 3.05) is 5.32 Å². The third kappa shape index (κ3) is 5.74. The number of pyridine rings is 1. The number of hydrogen-bond acceptors (Lipinski definition) is 5. The van der Waals surface area contributed by atoms with E-state index in [-0.39, 0.29) is 18.4 Å². The number of anilines is 1. The second-order valence-electron chi connectivity index (χ2n) is 6.17. The van der Waals surface area contributed by atoms with Gasteiger partial charge in [0.15, 0.2) is 0 Å². The lowest BCUT2D eigenvalue weighted by molar-refractivity contribution is -0.131. The molecule has 0 fully saturated rings. The zero-order valence-electron chi connectivity index (χ0n) is 15.7. The van der Waals surface area contributed by atoms with Gasteiger partial charge in [-0.25, -0.2) is 0 Å². The second-order valence-corrected chi connectivity index (χ2v) is 6.17. The molecule has 1 heterocycles. The molecule has 0 aliphatic carbocycles. The molecular formula is C22H19N3O4. The molecule has 0 saturated heterocycles. The van der Waals surface area contributed by atoms with Crippen LogP contribution in [0.4, 0.5) is 5.69 Å². The highest BCUT2D eigenvalue weighted by molar-refractivity contribution is 6.02. The topological polar surface area (TPSA) is 97.4 Å². The highest BCUT2D eigenvalue weighted by Gasteiger charge is 2.09. The van der Waals surface area contributed by atoms with Crippen molar-refractivity contribution in [3.63, 3.8) is 0 Å². The Labute approximate surface area is 167 Å². The van der Waals surface area contributed by atoms with E-state index in [4.69, 9.17) is 4.74 Å². The second kappa shape index (κ2) is 9.27. The summed E-state index contributed by atoms with van der Waals surface area (Å²) in [5.41, 5.74) is 2.11. The maximum absolute atomic E-state index is 12.4. The number of carbonyl (C=O) groups excluding carboxylic acids is 3. The molecule has 0 saturated carbocycles. The van der Waals surface area contributed by atoms with Crippen LogP contribution in [0.2, 0.25) is 0 Å². The van der Waals surface area contributed by atoms with Gasteiger partial charge >= 0.3 is 5.97 Å². The quantitative estimate of drug-likeness (QED) is 0.498. The van der Waals surface area contributed by atoms with Crippen molar-refractivity contribution in [1.29, 1.82) is 0 Å². The Hall–Kier alpha value is -4.00. The van der Waals surface area contributed by atoms with Crippen molar-refractivity contribution >= 4 is 23.5 Å². The highest BCUT2D eigenvalue weighted by atomic mass is 16.5. The number of nitrogens with one attached hydrogen (secondary N) is 2. The van der Waals surface area contributed by atoms with Gasteiger partial charge in [0.25, 0.3) is 11.8 Å². The van der Waals surface area contributed by atoms with Crippen molar-refractivity contribution in [2.24, 2.45) is 0 Å². The SMILES string of the molecule is CC(=O)Oc1cccc(C(=O)NCc2cccc(NC(=O)c3ccccn3)c2)c1. The molecular weight excluding hydrogens is 370 g/mol. The van der Waals surface area contributed by atoms with E-state index in [0.29, 0.717) is 22.7 Å². The van der Waals surface area contributed by atoms with Gasteiger partial charge in [0.05, 0.1) is 0 Å². The molecule has 2 amide bonds. The summed E-state index contributed by atoms with van der Waals surface area (Å²) < 4.78 is 4.99. The summed E-state index contributed by atoms with van der Waals surface area (Å²) in [6.45, 7) is 1.57. The molecule has 29 heavy (non-hydrogen) atoms. The predicted molar refractivity (Wildman–Crippen MR) is 108 cm³/mol. The normalized spacial score (nSPS) is 10.1. The van der Waals surface area contributed by atoms with Crippen LogP contribution in [0.1, 0.15) is 33.3 Å². The van der Waals surface area contributed by atoms with E-state index in [9.17, 15) is 14.4 Å². The van der Waals surface area contributed by atoms with Crippen LogP contribution in [0.15, 0.2) is 72.9 Å². The van der Waals surface area contributed by atoms with E-state index < -0.39 is 5.97 Å². The molecule has 3 aromatic rings. The minimum Gasteiger partial charge on any atom is -0.427 e. The van der Waals surface area contributed by atoms with Crippen LogP contribution < -0.4 is 15.4 Å². The van der Waals surface area contributed by atoms with Gasteiger partial charge in [0, 0.05) is 30.9 Å². The third-order valence-corrected chi connectivity index (χ3v) is 3.89. The van der Waals surface area contributed by atoms with Gasteiger partial charge in [0.2, 0.25) is 0 Å². The first-order valence-electron chi connectivity index (χ1n) is 8.89. The monoisotopic (exact) mass is 389 g/mol. The number of ether oxygens (including phenoxy) is 1. The molecule has 0 unspecified atom stereocenters. The van der Waals surface area contributed by atoms with Crippen LogP contribution >= 0.6 is 0 Å². The summed E-state index contributed by atoms with van der Waals surface area (Å²) in [5.74, 6) is -0.757. The van der Waals surface area contributed by atoms with Crippen LogP contribution in [0.25, 0.3) is 0 Å². The Bertz CT molecular complexity index is 1030. The lowest BCUT2D eigenvalue weighted by atomic mass is 10.1. The molecule has 0 aliphatic rings. The average molecular weight is 389 g/mol. The van der Waals surface area contributed by atoms with E-state index in [1.54, 1.807) is 60.8 Å². The fraction of sp³-hybridized carbons (Fsp3) is 0.0909. The number of rotatable bonds is 6. The van der Waals surface area contributed by atoms with E-state index in [1.165, 1.54) is 13.0 Å². The first-order chi connectivity index (χ1) is 14.0. The lowest BCUT2D eigenvalue weighted by Gasteiger charge is -2.09. The van der Waals surface area contributed by atoms with E-state index in [1.807, 2.05) is 6.07 Å². The Morgan fingerprint density at radius 3 is 2.52 bits per heavy atom. The molecule has 0 atom stereocenters. The van der Waals surface area contributed by atoms with Gasteiger partial charge in [-0.05, 0) is 48.0 Å². The van der Waals surface area contributed by atoms with Crippen molar-refractivity contribution in [3.8, 4) is 5.75 Å². The maximum Gasteiger partial charge on any atom is 0.308 e. The summed E-state index contributed by atoms with van der Waals surface area (Å²) in [5, 5.41) is 5.58. The number of hydrogen-bond donors (Lipinski definition) is 2. The number of benzene rings is 2. The number of esters is 1. The summed E-state index contributed by atoms with van der Waals surface area (Å²) in [4.78, 5) is 39.6. The van der Waals surface area contributed by atoms with Crippen LogP contribution in [0.3, 0.4) is 0 Å². The van der Waals surface area contributed by atoms with Crippen LogP contribution in [-0.4, -0.2) is 22.8 Å². The first kappa shape index (κ1) is 19.8. The number of carbonyl (C=O) groups is 3. The smallest absolute Gasteiger partial charge is 0.308 e. The van der Waals surface area contributed by atoms with Gasteiger partial charge in [-0.2, -0.15) is 0 Å². The summed E-state index contributed by atoms with van der Waals surface area (Å²) in [7, 11) is 0. The molecule has 0 bridgehead atoms.